The van der Waals surface area contributed by atoms with E-state index in [0.29, 0.717) is 0 Å². The first kappa shape index (κ1) is 37.1. The lowest BCUT2D eigenvalue weighted by Crippen LogP contribution is -2.28. The van der Waals surface area contributed by atoms with Gasteiger partial charge < -0.3 is 9.32 Å². The van der Waals surface area contributed by atoms with E-state index in [9.17, 15) is 0 Å². The maximum atomic E-state index is 6.39. The van der Waals surface area contributed by atoms with Crippen LogP contribution in [0.5, 0.6) is 0 Å². The van der Waals surface area contributed by atoms with Crippen LogP contribution in [0.1, 0.15) is 22.3 Å². The highest BCUT2D eigenvalue weighted by Gasteiger charge is 2.47. The molecule has 12 aromatic rings. The topological polar surface area (TPSA) is 16.4 Å². The van der Waals surface area contributed by atoms with Crippen molar-refractivity contribution in [2.45, 2.75) is 5.41 Å². The number of anilines is 3. The summed E-state index contributed by atoms with van der Waals surface area (Å²) in [6, 6.07) is 91.0. The summed E-state index contributed by atoms with van der Waals surface area (Å²) in [5.74, 6) is 0. The molecule has 2 nitrogen and oxygen atoms in total. The fraction of sp³-hybridized carbons (Fsp3) is 0.0159. The summed E-state index contributed by atoms with van der Waals surface area (Å²) in [5, 5.41) is 7.11. The molecule has 0 radical (unpaired) electrons. The van der Waals surface area contributed by atoms with Crippen LogP contribution < -0.4 is 4.90 Å². The average Bonchev–Trinajstić information content (AvgIpc) is 3.91. The van der Waals surface area contributed by atoms with Crippen molar-refractivity contribution < 1.29 is 4.42 Å². The second kappa shape index (κ2) is 14.8. The van der Waals surface area contributed by atoms with E-state index in [1.807, 2.05) is 6.07 Å². The predicted octanol–water partition coefficient (Wildman–Crippen LogP) is 17.1. The molecule has 304 valence electrons. The maximum Gasteiger partial charge on any atom is 0.135 e. The second-order valence-corrected chi connectivity index (χ2v) is 17.2. The molecule has 11 aromatic carbocycles. The SMILES string of the molecule is c1ccc(C2(c3ccccc3)c3ccccc3-c3c(N(c4ccc(-c5cc6ccccc6cc5-c5ccc6ccccc6c5)cc4)c4ccc5oc6ccccc6c5c4)cccc32)cc1. The molecule has 0 amide bonds. The lowest BCUT2D eigenvalue weighted by molar-refractivity contribution is 0.669. The monoisotopic (exact) mass is 827 g/mol. The molecule has 1 aliphatic rings. The van der Waals surface area contributed by atoms with E-state index in [2.05, 4.69) is 248 Å². The van der Waals surface area contributed by atoms with Gasteiger partial charge in [-0.15, -0.1) is 0 Å². The van der Waals surface area contributed by atoms with Gasteiger partial charge in [0.15, 0.2) is 0 Å². The van der Waals surface area contributed by atoms with Gasteiger partial charge in [-0.2, -0.15) is 0 Å². The Bertz CT molecular complexity index is 3730. The van der Waals surface area contributed by atoms with Crippen LogP contribution in [0.3, 0.4) is 0 Å². The van der Waals surface area contributed by atoms with Crippen molar-refractivity contribution in [3.63, 3.8) is 0 Å². The number of benzene rings is 11. The zero-order valence-corrected chi connectivity index (χ0v) is 35.5. The van der Waals surface area contributed by atoms with E-state index in [4.69, 9.17) is 4.42 Å². The molecule has 0 saturated heterocycles. The largest absolute Gasteiger partial charge is 0.456 e. The Morgan fingerprint density at radius 1 is 0.323 bits per heavy atom. The molecule has 1 aliphatic carbocycles. The highest BCUT2D eigenvalue weighted by Crippen LogP contribution is 2.59. The minimum Gasteiger partial charge on any atom is -0.456 e. The number of rotatable bonds is 7. The van der Waals surface area contributed by atoms with Crippen molar-refractivity contribution in [1.82, 2.24) is 0 Å². The maximum absolute atomic E-state index is 6.39. The Kier molecular flexibility index (Phi) is 8.47. The second-order valence-electron chi connectivity index (χ2n) is 17.2. The highest BCUT2D eigenvalue weighted by molar-refractivity contribution is 6.07. The van der Waals surface area contributed by atoms with Crippen LogP contribution >= 0.6 is 0 Å². The summed E-state index contributed by atoms with van der Waals surface area (Å²) < 4.78 is 6.39. The van der Waals surface area contributed by atoms with Gasteiger partial charge in [0.05, 0.1) is 11.1 Å². The summed E-state index contributed by atoms with van der Waals surface area (Å²) in [6.45, 7) is 0. The van der Waals surface area contributed by atoms with Crippen molar-refractivity contribution >= 4 is 60.5 Å². The van der Waals surface area contributed by atoms with E-state index in [-0.39, 0.29) is 0 Å². The summed E-state index contributed by atoms with van der Waals surface area (Å²) in [4.78, 5) is 2.46. The van der Waals surface area contributed by atoms with Gasteiger partial charge >= 0.3 is 0 Å². The third-order valence-corrected chi connectivity index (χ3v) is 13.7. The molecule has 0 aliphatic heterocycles. The smallest absolute Gasteiger partial charge is 0.135 e. The lowest BCUT2D eigenvalue weighted by atomic mass is 9.68. The Morgan fingerprint density at radius 2 is 0.877 bits per heavy atom. The van der Waals surface area contributed by atoms with Crippen molar-refractivity contribution in [2.24, 2.45) is 0 Å². The fourth-order valence-electron chi connectivity index (χ4n) is 10.8. The van der Waals surface area contributed by atoms with Crippen molar-refractivity contribution in [2.75, 3.05) is 4.90 Å². The molecule has 0 fully saturated rings. The minimum absolute atomic E-state index is 0.528. The first-order chi connectivity index (χ1) is 32.2. The Hall–Kier alpha value is -8.46. The third kappa shape index (κ3) is 5.81. The number of hydrogen-bond donors (Lipinski definition) is 0. The number of hydrogen-bond acceptors (Lipinski definition) is 2. The summed E-state index contributed by atoms with van der Waals surface area (Å²) >= 11 is 0. The first-order valence-corrected chi connectivity index (χ1v) is 22.4. The molecule has 0 saturated carbocycles. The molecule has 2 heteroatoms. The van der Waals surface area contributed by atoms with Crippen LogP contribution in [-0.4, -0.2) is 0 Å². The van der Waals surface area contributed by atoms with Crippen molar-refractivity contribution in [3.8, 4) is 33.4 Å². The summed E-state index contributed by atoms with van der Waals surface area (Å²) in [6.07, 6.45) is 0. The van der Waals surface area contributed by atoms with Crippen LogP contribution in [0, 0.1) is 0 Å². The quantitative estimate of drug-likeness (QED) is 0.159. The molecule has 65 heavy (non-hydrogen) atoms. The summed E-state index contributed by atoms with van der Waals surface area (Å²) in [5.41, 5.74) is 16.8. The van der Waals surface area contributed by atoms with Crippen LogP contribution in [0.2, 0.25) is 0 Å². The highest BCUT2D eigenvalue weighted by atomic mass is 16.3. The van der Waals surface area contributed by atoms with Gasteiger partial charge in [0.25, 0.3) is 0 Å². The molecular weight excluding hydrogens is 787 g/mol. The van der Waals surface area contributed by atoms with Crippen LogP contribution in [0.15, 0.2) is 253 Å². The Labute approximate surface area is 377 Å². The van der Waals surface area contributed by atoms with Crippen LogP contribution in [0.4, 0.5) is 17.1 Å². The summed E-state index contributed by atoms with van der Waals surface area (Å²) in [7, 11) is 0. The Morgan fingerprint density at radius 3 is 1.62 bits per heavy atom. The van der Waals surface area contributed by atoms with Gasteiger partial charge in [-0.1, -0.05) is 188 Å². The molecule has 0 N–H and O–H groups in total. The lowest BCUT2D eigenvalue weighted by Gasteiger charge is -2.34. The number of para-hydroxylation sites is 1. The number of furan rings is 1. The average molecular weight is 828 g/mol. The standard InChI is InChI=1S/C63H41NO/c1-3-20-48(21-4-1)63(49-22-5-2-6-23-49)57-26-13-11-25-53(57)62-58(63)27-15-28-59(62)64(51-36-37-61-56(41-51)52-24-12-14-29-60(52)65-61)50-34-32-43(33-35-50)54-39-45-18-9-10-19-46(45)40-55(54)47-31-30-42-16-7-8-17-44(42)38-47/h1-41H. The molecule has 13 rings (SSSR count). The molecular formula is C63H41NO. The van der Waals surface area contributed by atoms with Crippen LogP contribution in [0.25, 0.3) is 76.9 Å². The molecule has 0 spiro atoms. The van der Waals surface area contributed by atoms with Gasteiger partial charge in [-0.05, 0) is 132 Å². The van der Waals surface area contributed by atoms with Gasteiger partial charge in [-0.25, -0.2) is 0 Å². The van der Waals surface area contributed by atoms with Gasteiger partial charge in [-0.3, -0.25) is 0 Å². The normalized spacial score (nSPS) is 12.7. The van der Waals surface area contributed by atoms with E-state index in [1.165, 1.54) is 71.6 Å². The van der Waals surface area contributed by atoms with E-state index in [1.54, 1.807) is 0 Å². The Balaban J connectivity index is 1.04. The van der Waals surface area contributed by atoms with E-state index in [0.717, 1.165) is 44.6 Å². The van der Waals surface area contributed by atoms with Gasteiger partial charge in [0.2, 0.25) is 0 Å². The zero-order valence-electron chi connectivity index (χ0n) is 35.5. The fourth-order valence-corrected chi connectivity index (χ4v) is 10.8. The number of fused-ring (bicyclic) bond motifs is 8. The van der Waals surface area contributed by atoms with E-state index >= 15 is 0 Å². The molecule has 1 heterocycles. The molecule has 0 atom stereocenters. The molecule has 0 bridgehead atoms. The van der Waals surface area contributed by atoms with Crippen LogP contribution in [-0.2, 0) is 5.41 Å². The predicted molar refractivity (Wildman–Crippen MR) is 272 cm³/mol. The van der Waals surface area contributed by atoms with Crippen molar-refractivity contribution in [3.05, 3.63) is 271 Å². The van der Waals surface area contributed by atoms with Gasteiger partial charge in [0, 0.05) is 27.7 Å². The third-order valence-electron chi connectivity index (χ3n) is 13.7. The molecule has 1 aromatic heterocycles. The van der Waals surface area contributed by atoms with Gasteiger partial charge in [0.1, 0.15) is 11.2 Å². The first-order valence-electron chi connectivity index (χ1n) is 22.4. The molecule has 0 unspecified atom stereocenters. The number of nitrogens with zero attached hydrogens (tertiary/aromatic N) is 1. The van der Waals surface area contributed by atoms with E-state index < -0.39 is 5.41 Å². The van der Waals surface area contributed by atoms with Crippen molar-refractivity contribution in [1.29, 1.82) is 0 Å². The minimum atomic E-state index is -0.528. The zero-order chi connectivity index (χ0) is 42.9.